The number of nitrogens with one attached hydrogen (secondary N) is 1. The van der Waals surface area contributed by atoms with Gasteiger partial charge in [0.1, 0.15) is 19.0 Å². The van der Waals surface area contributed by atoms with Crippen molar-refractivity contribution in [2.24, 2.45) is 0 Å². The zero-order valence-corrected chi connectivity index (χ0v) is 12.4. The molecule has 0 saturated carbocycles. The molecule has 2 aliphatic rings. The Morgan fingerprint density at radius 2 is 1.68 bits per heavy atom. The van der Waals surface area contributed by atoms with Crippen LogP contribution in [-0.4, -0.2) is 19.8 Å². The third-order valence-electron chi connectivity index (χ3n) is 4.15. The molecule has 4 heteroatoms. The lowest BCUT2D eigenvalue weighted by atomic mass is 10.00. The van der Waals surface area contributed by atoms with Gasteiger partial charge in [-0.15, -0.1) is 0 Å². The normalized spacial score (nSPS) is 19.2. The summed E-state index contributed by atoms with van der Waals surface area (Å²) in [7, 11) is 0. The summed E-state index contributed by atoms with van der Waals surface area (Å²) in [5.74, 6) is 2.71. The Hall–Kier alpha value is -2.20. The summed E-state index contributed by atoms with van der Waals surface area (Å²) >= 11 is 0. The lowest BCUT2D eigenvalue weighted by Gasteiger charge is -2.27. The molecule has 0 unspecified atom stereocenters. The van der Waals surface area contributed by atoms with Gasteiger partial charge < -0.3 is 19.5 Å². The predicted octanol–water partition coefficient (Wildman–Crippen LogP) is 3.07. The molecule has 114 valence electrons. The van der Waals surface area contributed by atoms with E-state index in [1.54, 1.807) is 0 Å². The van der Waals surface area contributed by atoms with Crippen molar-refractivity contribution < 1.29 is 14.2 Å². The quantitative estimate of drug-likeness (QED) is 0.945. The second-order valence-electron chi connectivity index (χ2n) is 5.55. The fourth-order valence-corrected chi connectivity index (χ4v) is 3.06. The van der Waals surface area contributed by atoms with E-state index in [1.165, 1.54) is 5.56 Å². The molecule has 4 rings (SSSR count). The highest BCUT2D eigenvalue weighted by Gasteiger charge is 2.22. The zero-order chi connectivity index (χ0) is 14.8. The number of benzene rings is 2. The molecule has 1 atom stereocenters. The highest BCUT2D eigenvalue weighted by molar-refractivity contribution is 5.47. The monoisotopic (exact) mass is 297 g/mol. The van der Waals surface area contributed by atoms with Crippen LogP contribution in [0.15, 0.2) is 42.5 Å². The standard InChI is InChI=1S/C18H19NO3/c1-2-6-16-14(5-1)15(8-9-20-16)19-12-13-4-3-7-17-18(13)22-11-10-21-17/h1-7,15,19H,8-12H2/t15-/m0/s1. The molecule has 0 saturated heterocycles. The van der Waals surface area contributed by atoms with E-state index in [0.717, 1.165) is 42.4 Å². The highest BCUT2D eigenvalue weighted by atomic mass is 16.6. The van der Waals surface area contributed by atoms with Crippen molar-refractivity contribution in [1.29, 1.82) is 0 Å². The van der Waals surface area contributed by atoms with Crippen LogP contribution in [0.2, 0.25) is 0 Å². The Bertz CT molecular complexity index is 671. The minimum Gasteiger partial charge on any atom is -0.493 e. The molecule has 0 aliphatic carbocycles. The van der Waals surface area contributed by atoms with Gasteiger partial charge >= 0.3 is 0 Å². The first-order valence-electron chi connectivity index (χ1n) is 7.74. The topological polar surface area (TPSA) is 39.7 Å². The maximum Gasteiger partial charge on any atom is 0.165 e. The molecule has 4 nitrogen and oxygen atoms in total. The molecule has 0 amide bonds. The first-order valence-corrected chi connectivity index (χ1v) is 7.74. The van der Waals surface area contributed by atoms with E-state index in [2.05, 4.69) is 23.5 Å². The number of fused-ring (bicyclic) bond motifs is 2. The van der Waals surface area contributed by atoms with E-state index in [-0.39, 0.29) is 0 Å². The van der Waals surface area contributed by atoms with E-state index in [0.29, 0.717) is 19.3 Å². The van der Waals surface area contributed by atoms with E-state index in [1.807, 2.05) is 24.3 Å². The van der Waals surface area contributed by atoms with Gasteiger partial charge in [0.05, 0.1) is 6.61 Å². The number of hydrogen-bond acceptors (Lipinski definition) is 4. The van der Waals surface area contributed by atoms with Crippen molar-refractivity contribution in [3.05, 3.63) is 53.6 Å². The Morgan fingerprint density at radius 3 is 2.68 bits per heavy atom. The molecule has 22 heavy (non-hydrogen) atoms. The van der Waals surface area contributed by atoms with Crippen molar-refractivity contribution in [1.82, 2.24) is 5.32 Å². The fourth-order valence-electron chi connectivity index (χ4n) is 3.06. The number of para-hydroxylation sites is 2. The minimum atomic E-state index is 0.310. The van der Waals surface area contributed by atoms with Gasteiger partial charge in [0.2, 0.25) is 0 Å². The van der Waals surface area contributed by atoms with E-state index in [9.17, 15) is 0 Å². The molecule has 2 heterocycles. The molecule has 1 N–H and O–H groups in total. The molecule has 0 bridgehead atoms. The fraction of sp³-hybridized carbons (Fsp3) is 0.333. The number of hydrogen-bond donors (Lipinski definition) is 1. The van der Waals surface area contributed by atoms with Crippen LogP contribution in [0.4, 0.5) is 0 Å². The third kappa shape index (κ3) is 2.50. The smallest absolute Gasteiger partial charge is 0.165 e. The van der Waals surface area contributed by atoms with Crippen LogP contribution >= 0.6 is 0 Å². The maximum atomic E-state index is 5.77. The summed E-state index contributed by atoms with van der Waals surface area (Å²) < 4.78 is 17.1. The zero-order valence-electron chi connectivity index (χ0n) is 12.4. The van der Waals surface area contributed by atoms with Crippen molar-refractivity contribution >= 4 is 0 Å². The van der Waals surface area contributed by atoms with Crippen LogP contribution < -0.4 is 19.5 Å². The molecule has 2 aromatic rings. The Kier molecular flexibility index (Phi) is 3.60. The van der Waals surface area contributed by atoms with Gasteiger partial charge in [-0.05, 0) is 12.1 Å². The van der Waals surface area contributed by atoms with Gasteiger partial charge in [-0.2, -0.15) is 0 Å². The summed E-state index contributed by atoms with van der Waals surface area (Å²) in [5.41, 5.74) is 2.37. The van der Waals surface area contributed by atoms with Crippen molar-refractivity contribution in [2.75, 3.05) is 19.8 Å². The average molecular weight is 297 g/mol. The summed E-state index contributed by atoms with van der Waals surface area (Å²) in [6.45, 7) is 2.74. The predicted molar refractivity (Wildman–Crippen MR) is 83.6 cm³/mol. The second-order valence-corrected chi connectivity index (χ2v) is 5.55. The molecule has 0 spiro atoms. The average Bonchev–Trinajstić information content (AvgIpc) is 2.60. The molecule has 0 radical (unpaired) electrons. The highest BCUT2D eigenvalue weighted by Crippen LogP contribution is 2.35. The van der Waals surface area contributed by atoms with E-state index >= 15 is 0 Å². The van der Waals surface area contributed by atoms with Gasteiger partial charge in [-0.1, -0.05) is 30.3 Å². The van der Waals surface area contributed by atoms with Gasteiger partial charge in [-0.3, -0.25) is 0 Å². The minimum absolute atomic E-state index is 0.310. The molecule has 0 aromatic heterocycles. The lowest BCUT2D eigenvalue weighted by Crippen LogP contribution is -2.27. The van der Waals surface area contributed by atoms with Crippen molar-refractivity contribution in [2.45, 2.75) is 19.0 Å². The molecular weight excluding hydrogens is 278 g/mol. The Labute approximate surface area is 130 Å². The first-order chi connectivity index (χ1) is 10.9. The van der Waals surface area contributed by atoms with Crippen LogP contribution in [0.25, 0.3) is 0 Å². The third-order valence-corrected chi connectivity index (χ3v) is 4.15. The van der Waals surface area contributed by atoms with E-state index in [4.69, 9.17) is 14.2 Å². The van der Waals surface area contributed by atoms with Gasteiger partial charge in [0.15, 0.2) is 11.5 Å². The summed E-state index contributed by atoms with van der Waals surface area (Å²) in [5, 5.41) is 3.63. The largest absolute Gasteiger partial charge is 0.493 e. The molecule has 2 aliphatic heterocycles. The van der Waals surface area contributed by atoms with E-state index < -0.39 is 0 Å². The molecular formula is C18H19NO3. The summed E-state index contributed by atoms with van der Waals surface area (Å²) in [6.07, 6.45) is 0.976. The van der Waals surface area contributed by atoms with Crippen LogP contribution in [0.3, 0.4) is 0 Å². The Balaban J connectivity index is 1.52. The number of rotatable bonds is 3. The van der Waals surface area contributed by atoms with Crippen LogP contribution in [0, 0.1) is 0 Å². The molecule has 2 aromatic carbocycles. The van der Waals surface area contributed by atoms with Gasteiger partial charge in [-0.25, -0.2) is 0 Å². The van der Waals surface area contributed by atoms with Crippen molar-refractivity contribution in [3.8, 4) is 17.2 Å². The summed E-state index contributed by atoms with van der Waals surface area (Å²) in [6, 6.07) is 14.6. The Morgan fingerprint density at radius 1 is 0.864 bits per heavy atom. The van der Waals surface area contributed by atoms with Crippen LogP contribution in [0.1, 0.15) is 23.6 Å². The first kappa shape index (κ1) is 13.5. The maximum absolute atomic E-state index is 5.77. The van der Waals surface area contributed by atoms with Gasteiger partial charge in [0.25, 0.3) is 0 Å². The van der Waals surface area contributed by atoms with Gasteiger partial charge in [0, 0.05) is 30.1 Å². The van der Waals surface area contributed by atoms with Crippen LogP contribution in [0.5, 0.6) is 17.2 Å². The summed E-state index contributed by atoms with van der Waals surface area (Å²) in [4.78, 5) is 0. The van der Waals surface area contributed by atoms with Crippen molar-refractivity contribution in [3.63, 3.8) is 0 Å². The second kappa shape index (κ2) is 5.89. The number of ether oxygens (including phenoxy) is 3. The van der Waals surface area contributed by atoms with Crippen LogP contribution in [-0.2, 0) is 6.54 Å². The molecule has 0 fully saturated rings. The lowest BCUT2D eigenvalue weighted by molar-refractivity contribution is 0.169. The SMILES string of the molecule is c1ccc2c(c1)OCC[C@@H]2NCc1cccc2c1OCCO2.